The number of aromatic nitrogens is 1. The van der Waals surface area contributed by atoms with Gasteiger partial charge < -0.3 is 14.4 Å². The van der Waals surface area contributed by atoms with Crippen molar-refractivity contribution >= 4 is 10.9 Å². The lowest BCUT2D eigenvalue weighted by molar-refractivity contribution is 0.0759. The molecule has 0 atom stereocenters. The van der Waals surface area contributed by atoms with E-state index in [9.17, 15) is 5.11 Å². The second-order valence-electron chi connectivity index (χ2n) is 4.56. The van der Waals surface area contributed by atoms with Gasteiger partial charge in [0.2, 0.25) is 0 Å². The van der Waals surface area contributed by atoms with Crippen molar-refractivity contribution in [3.63, 3.8) is 0 Å². The molecule has 0 saturated carbocycles. The molecule has 16 heavy (non-hydrogen) atoms. The van der Waals surface area contributed by atoms with Crippen LogP contribution in [0, 0.1) is 0 Å². The lowest BCUT2D eigenvalue weighted by Crippen LogP contribution is -2.16. The summed E-state index contributed by atoms with van der Waals surface area (Å²) in [5.41, 5.74) is 1.02. The van der Waals surface area contributed by atoms with Crippen LogP contribution < -0.4 is 4.74 Å². The van der Waals surface area contributed by atoms with E-state index in [2.05, 4.69) is 0 Å². The summed E-state index contributed by atoms with van der Waals surface area (Å²) < 4.78 is 7.46. The topological polar surface area (TPSA) is 34.4 Å². The lowest BCUT2D eigenvalue weighted by atomic mass is 9.96. The number of aliphatic hydroxyl groups is 1. The van der Waals surface area contributed by atoms with Crippen LogP contribution >= 0.6 is 0 Å². The second kappa shape index (κ2) is 3.52. The van der Waals surface area contributed by atoms with E-state index in [4.69, 9.17) is 4.74 Å². The Morgan fingerprint density at radius 1 is 1.25 bits per heavy atom. The minimum absolute atomic E-state index is 0.755. The minimum Gasteiger partial charge on any atom is -0.496 e. The summed E-state index contributed by atoms with van der Waals surface area (Å²) in [4.78, 5) is 0. The van der Waals surface area contributed by atoms with E-state index in [1.165, 1.54) is 0 Å². The molecule has 0 aliphatic rings. The van der Waals surface area contributed by atoms with Gasteiger partial charge in [-0.15, -0.1) is 0 Å². The Morgan fingerprint density at radius 2 is 1.94 bits per heavy atom. The fourth-order valence-corrected chi connectivity index (χ4v) is 2.03. The molecule has 0 bridgehead atoms. The van der Waals surface area contributed by atoms with Crippen LogP contribution in [0.25, 0.3) is 10.9 Å². The van der Waals surface area contributed by atoms with Crippen LogP contribution in [0.3, 0.4) is 0 Å². The van der Waals surface area contributed by atoms with Gasteiger partial charge in [0, 0.05) is 24.2 Å². The quantitative estimate of drug-likeness (QED) is 0.841. The maximum absolute atomic E-state index is 10.1. The zero-order valence-electron chi connectivity index (χ0n) is 10.1. The van der Waals surface area contributed by atoms with Crippen molar-refractivity contribution in [2.45, 2.75) is 19.4 Å². The predicted octanol–water partition coefficient (Wildman–Crippen LogP) is 2.41. The van der Waals surface area contributed by atoms with Crippen LogP contribution in [0.1, 0.15) is 19.4 Å². The Hall–Kier alpha value is -1.48. The first-order valence-electron chi connectivity index (χ1n) is 5.30. The van der Waals surface area contributed by atoms with Gasteiger partial charge in [-0.3, -0.25) is 0 Å². The molecular weight excluding hydrogens is 202 g/mol. The van der Waals surface area contributed by atoms with Crippen LogP contribution in [-0.2, 0) is 12.6 Å². The first kappa shape index (κ1) is 11.0. The Morgan fingerprint density at radius 3 is 2.50 bits per heavy atom. The van der Waals surface area contributed by atoms with E-state index >= 15 is 0 Å². The lowest BCUT2D eigenvalue weighted by Gasteiger charge is -2.21. The van der Waals surface area contributed by atoms with Gasteiger partial charge in [0.1, 0.15) is 5.75 Å². The molecule has 1 heterocycles. The van der Waals surface area contributed by atoms with Crippen molar-refractivity contribution in [3.05, 3.63) is 30.0 Å². The average molecular weight is 219 g/mol. The van der Waals surface area contributed by atoms with Gasteiger partial charge in [0.05, 0.1) is 18.2 Å². The van der Waals surface area contributed by atoms with Gasteiger partial charge in [-0.05, 0) is 26.0 Å². The van der Waals surface area contributed by atoms with Crippen molar-refractivity contribution < 1.29 is 9.84 Å². The Kier molecular flexibility index (Phi) is 2.43. The molecule has 1 aromatic heterocycles. The summed E-state index contributed by atoms with van der Waals surface area (Å²) in [5, 5.41) is 11.1. The Bertz CT molecular complexity index is 520. The second-order valence-corrected chi connectivity index (χ2v) is 4.56. The molecule has 0 radical (unpaired) electrons. The molecule has 0 saturated heterocycles. The number of ether oxygens (including phenoxy) is 1. The van der Waals surface area contributed by atoms with Crippen molar-refractivity contribution in [1.29, 1.82) is 0 Å². The third kappa shape index (κ3) is 1.57. The van der Waals surface area contributed by atoms with Crippen LogP contribution in [0.4, 0.5) is 0 Å². The van der Waals surface area contributed by atoms with Gasteiger partial charge >= 0.3 is 0 Å². The molecule has 3 heteroatoms. The van der Waals surface area contributed by atoms with E-state index in [0.717, 1.165) is 22.2 Å². The monoisotopic (exact) mass is 219 g/mol. The normalized spacial score (nSPS) is 12.1. The predicted molar refractivity (Wildman–Crippen MR) is 64.7 cm³/mol. The zero-order valence-corrected chi connectivity index (χ0v) is 10.1. The molecule has 0 spiro atoms. The maximum atomic E-state index is 10.1. The molecule has 2 aromatic rings. The molecule has 3 nitrogen and oxygen atoms in total. The number of rotatable bonds is 2. The van der Waals surface area contributed by atoms with Gasteiger partial charge in [-0.25, -0.2) is 0 Å². The number of aryl methyl sites for hydroxylation is 1. The van der Waals surface area contributed by atoms with Gasteiger partial charge in [0.15, 0.2) is 0 Å². The smallest absolute Gasteiger partial charge is 0.134 e. The van der Waals surface area contributed by atoms with Crippen LogP contribution in [0.15, 0.2) is 24.4 Å². The summed E-state index contributed by atoms with van der Waals surface area (Å²) in [6.45, 7) is 3.53. The number of benzene rings is 1. The summed E-state index contributed by atoms with van der Waals surface area (Å²) >= 11 is 0. The molecule has 0 aliphatic carbocycles. The summed E-state index contributed by atoms with van der Waals surface area (Å²) in [6.07, 6.45) is 1.99. The molecule has 0 unspecified atom stereocenters. The summed E-state index contributed by atoms with van der Waals surface area (Å²) in [6, 6.07) is 5.93. The molecule has 86 valence electrons. The van der Waals surface area contributed by atoms with Crippen LogP contribution in [0.2, 0.25) is 0 Å². The highest BCUT2D eigenvalue weighted by Gasteiger charge is 2.22. The molecule has 0 fully saturated rings. The van der Waals surface area contributed by atoms with E-state index in [1.807, 2.05) is 36.0 Å². The highest BCUT2D eigenvalue weighted by atomic mass is 16.5. The minimum atomic E-state index is -0.893. The van der Waals surface area contributed by atoms with E-state index in [1.54, 1.807) is 21.0 Å². The van der Waals surface area contributed by atoms with Crippen molar-refractivity contribution in [3.8, 4) is 5.75 Å². The molecular formula is C13H17NO2. The zero-order chi connectivity index (χ0) is 11.9. The summed E-state index contributed by atoms with van der Waals surface area (Å²) in [5.74, 6) is 0.755. The van der Waals surface area contributed by atoms with Crippen LogP contribution in [-0.4, -0.2) is 16.8 Å². The summed E-state index contributed by atoms with van der Waals surface area (Å²) in [7, 11) is 3.63. The molecule has 1 N–H and O–H groups in total. The van der Waals surface area contributed by atoms with Gasteiger partial charge in [0.25, 0.3) is 0 Å². The number of nitrogens with zero attached hydrogens (tertiary/aromatic N) is 1. The average Bonchev–Trinajstić information content (AvgIpc) is 2.58. The SMILES string of the molecule is COc1c(C(C)(C)O)ccc2c1ccn2C. The molecule has 0 aliphatic heterocycles. The Labute approximate surface area is 95.3 Å². The van der Waals surface area contributed by atoms with E-state index < -0.39 is 5.60 Å². The van der Waals surface area contributed by atoms with Gasteiger partial charge in [-0.2, -0.15) is 0 Å². The third-order valence-corrected chi connectivity index (χ3v) is 2.88. The molecule has 2 rings (SSSR count). The highest BCUT2D eigenvalue weighted by molar-refractivity contribution is 5.88. The van der Waals surface area contributed by atoms with Gasteiger partial charge in [-0.1, -0.05) is 6.07 Å². The number of hydrogen-bond acceptors (Lipinski definition) is 2. The molecule has 0 amide bonds. The van der Waals surface area contributed by atoms with Crippen LogP contribution in [0.5, 0.6) is 5.75 Å². The van der Waals surface area contributed by atoms with E-state index in [0.29, 0.717) is 0 Å². The van der Waals surface area contributed by atoms with E-state index in [-0.39, 0.29) is 0 Å². The number of fused-ring (bicyclic) bond motifs is 1. The van der Waals surface area contributed by atoms with Crippen molar-refractivity contribution in [2.75, 3.05) is 7.11 Å². The fourth-order valence-electron chi connectivity index (χ4n) is 2.03. The van der Waals surface area contributed by atoms with Crippen molar-refractivity contribution in [1.82, 2.24) is 4.57 Å². The number of methoxy groups -OCH3 is 1. The first-order valence-corrected chi connectivity index (χ1v) is 5.30. The third-order valence-electron chi connectivity index (χ3n) is 2.88. The highest BCUT2D eigenvalue weighted by Crippen LogP contribution is 2.36. The Balaban J connectivity index is 2.78. The van der Waals surface area contributed by atoms with Crippen molar-refractivity contribution in [2.24, 2.45) is 7.05 Å². The number of hydrogen-bond donors (Lipinski definition) is 1. The first-order chi connectivity index (χ1) is 7.45. The molecule has 1 aromatic carbocycles. The largest absolute Gasteiger partial charge is 0.496 e. The standard InChI is InChI=1S/C13H17NO2/c1-13(2,15)10-5-6-11-9(12(10)16-4)7-8-14(11)3/h5-8,15H,1-4H3. The maximum Gasteiger partial charge on any atom is 0.134 e. The fraction of sp³-hybridized carbons (Fsp3) is 0.385.